The molecule has 0 aliphatic carbocycles. The third-order valence-electron chi connectivity index (χ3n) is 4.27. The van der Waals surface area contributed by atoms with Crippen LogP contribution in [0.2, 0.25) is 0 Å². The molecule has 0 aliphatic heterocycles. The Morgan fingerprint density at radius 3 is 2.44 bits per heavy atom. The molecule has 0 bridgehead atoms. The predicted octanol–water partition coefficient (Wildman–Crippen LogP) is 3.25. The summed E-state index contributed by atoms with van der Waals surface area (Å²) in [6.07, 6.45) is 0.667. The third-order valence-corrected chi connectivity index (χ3v) is 6.41. The number of hydrogen-bond donors (Lipinski definition) is 1. The molecule has 0 heterocycles. The van der Waals surface area contributed by atoms with E-state index in [1.54, 1.807) is 38.1 Å². The van der Waals surface area contributed by atoms with Crippen LogP contribution in [0.4, 0.5) is 0 Å². The number of aldehydes is 1. The number of aryl methyl sites for hydroxylation is 1. The summed E-state index contributed by atoms with van der Waals surface area (Å²) < 4.78 is 31.9. The average Bonchev–Trinajstić information content (AvgIpc) is 2.58. The van der Waals surface area contributed by atoms with Gasteiger partial charge in [0, 0.05) is 5.56 Å². The van der Waals surface area contributed by atoms with Gasteiger partial charge in [-0.1, -0.05) is 18.2 Å². The molecule has 1 atom stereocenters. The van der Waals surface area contributed by atoms with Crippen molar-refractivity contribution in [1.29, 1.82) is 0 Å². The standard InChI is InChI=1S/C19H23NO4S/c1-5-24-17-9-12(2)18(14(4)13(17)3)25(22,23)19(20)16-8-6-7-15(10-16)11-21/h6-11,19H,5,20H2,1-4H3. The first-order valence-electron chi connectivity index (χ1n) is 8.02. The van der Waals surface area contributed by atoms with E-state index in [4.69, 9.17) is 10.5 Å². The van der Waals surface area contributed by atoms with Gasteiger partial charge in [-0.05, 0) is 62.1 Å². The second-order valence-electron chi connectivity index (χ2n) is 5.96. The lowest BCUT2D eigenvalue weighted by Crippen LogP contribution is -2.24. The van der Waals surface area contributed by atoms with Crippen molar-refractivity contribution >= 4 is 16.1 Å². The van der Waals surface area contributed by atoms with Crippen LogP contribution in [0.5, 0.6) is 5.75 Å². The number of nitrogens with two attached hydrogens (primary N) is 1. The molecular formula is C19H23NO4S. The van der Waals surface area contributed by atoms with Gasteiger partial charge in [-0.25, -0.2) is 8.42 Å². The Labute approximate surface area is 148 Å². The quantitative estimate of drug-likeness (QED) is 0.798. The zero-order chi connectivity index (χ0) is 18.8. The smallest absolute Gasteiger partial charge is 0.198 e. The van der Waals surface area contributed by atoms with Gasteiger partial charge in [0.25, 0.3) is 0 Å². The second kappa shape index (κ2) is 7.37. The van der Waals surface area contributed by atoms with Crippen LogP contribution in [0.1, 0.15) is 44.9 Å². The van der Waals surface area contributed by atoms with E-state index in [1.165, 1.54) is 6.07 Å². The summed E-state index contributed by atoms with van der Waals surface area (Å²) in [5.41, 5.74) is 8.85. The van der Waals surface area contributed by atoms with Gasteiger partial charge in [0.05, 0.1) is 11.5 Å². The average molecular weight is 361 g/mol. The van der Waals surface area contributed by atoms with Gasteiger partial charge in [0.2, 0.25) is 0 Å². The summed E-state index contributed by atoms with van der Waals surface area (Å²) in [5, 5.41) is -1.25. The first-order valence-corrected chi connectivity index (χ1v) is 9.56. The molecule has 0 aromatic heterocycles. The molecule has 0 aliphatic rings. The van der Waals surface area contributed by atoms with Crippen LogP contribution in [0, 0.1) is 20.8 Å². The molecule has 6 heteroatoms. The Morgan fingerprint density at radius 1 is 1.16 bits per heavy atom. The lowest BCUT2D eigenvalue weighted by Gasteiger charge is -2.20. The number of carbonyl (C=O) groups excluding carboxylic acids is 1. The van der Waals surface area contributed by atoms with Gasteiger partial charge < -0.3 is 10.5 Å². The maximum atomic E-state index is 13.1. The normalized spacial score (nSPS) is 12.7. The largest absolute Gasteiger partial charge is 0.494 e. The molecule has 0 saturated carbocycles. The van der Waals surface area contributed by atoms with Crippen LogP contribution in [0.15, 0.2) is 35.2 Å². The fraction of sp³-hybridized carbons (Fsp3) is 0.316. The fourth-order valence-corrected chi connectivity index (χ4v) is 4.73. The van der Waals surface area contributed by atoms with Crippen molar-refractivity contribution in [3.8, 4) is 5.75 Å². The minimum atomic E-state index is -3.83. The molecular weight excluding hydrogens is 338 g/mol. The summed E-state index contributed by atoms with van der Waals surface area (Å²) in [5.74, 6) is 0.674. The number of sulfone groups is 1. The first-order chi connectivity index (χ1) is 11.7. The molecule has 0 radical (unpaired) electrons. The van der Waals surface area contributed by atoms with E-state index in [1.807, 2.05) is 13.8 Å². The summed E-state index contributed by atoms with van der Waals surface area (Å²) in [7, 11) is -3.83. The highest BCUT2D eigenvalue weighted by Gasteiger charge is 2.30. The summed E-state index contributed by atoms with van der Waals surface area (Å²) >= 11 is 0. The number of benzene rings is 2. The Kier molecular flexibility index (Phi) is 5.65. The summed E-state index contributed by atoms with van der Waals surface area (Å²) in [4.78, 5) is 11.2. The zero-order valence-corrected chi connectivity index (χ0v) is 15.7. The third kappa shape index (κ3) is 3.60. The minimum absolute atomic E-state index is 0.220. The number of hydrogen-bond acceptors (Lipinski definition) is 5. The molecule has 2 aromatic rings. The van der Waals surface area contributed by atoms with E-state index >= 15 is 0 Å². The lowest BCUT2D eigenvalue weighted by molar-refractivity contribution is 0.112. The van der Waals surface area contributed by atoms with E-state index in [2.05, 4.69) is 0 Å². The second-order valence-corrected chi connectivity index (χ2v) is 7.96. The SMILES string of the molecule is CCOc1cc(C)c(S(=O)(=O)C(N)c2cccc(C=O)c2)c(C)c1C. The van der Waals surface area contributed by atoms with Gasteiger partial charge in [-0.2, -0.15) is 0 Å². The number of ether oxygens (including phenoxy) is 1. The highest BCUT2D eigenvalue weighted by atomic mass is 32.2. The Bertz CT molecular complexity index is 904. The Balaban J connectivity index is 2.59. The van der Waals surface area contributed by atoms with Gasteiger partial charge in [-0.15, -0.1) is 0 Å². The fourth-order valence-electron chi connectivity index (χ4n) is 2.88. The van der Waals surface area contributed by atoms with Gasteiger partial charge in [0.1, 0.15) is 17.4 Å². The minimum Gasteiger partial charge on any atom is -0.494 e. The van der Waals surface area contributed by atoms with E-state index in [0.717, 1.165) is 5.56 Å². The summed E-state index contributed by atoms with van der Waals surface area (Å²) in [6, 6.07) is 8.07. The van der Waals surface area contributed by atoms with Crippen LogP contribution in [-0.4, -0.2) is 21.3 Å². The predicted molar refractivity (Wildman–Crippen MR) is 97.8 cm³/mol. The molecule has 0 amide bonds. The van der Waals surface area contributed by atoms with Crippen molar-refractivity contribution in [1.82, 2.24) is 0 Å². The van der Waals surface area contributed by atoms with E-state index < -0.39 is 15.2 Å². The molecule has 0 saturated heterocycles. The van der Waals surface area contributed by atoms with Crippen LogP contribution < -0.4 is 10.5 Å². The first kappa shape index (κ1) is 19.1. The van der Waals surface area contributed by atoms with Crippen LogP contribution in [0.3, 0.4) is 0 Å². The molecule has 5 nitrogen and oxygen atoms in total. The molecule has 2 aromatic carbocycles. The lowest BCUT2D eigenvalue weighted by atomic mass is 10.1. The Hall–Kier alpha value is -2.18. The molecule has 2 rings (SSSR count). The van der Waals surface area contributed by atoms with Crippen LogP contribution in [-0.2, 0) is 9.84 Å². The van der Waals surface area contributed by atoms with Crippen molar-refractivity contribution in [3.05, 3.63) is 58.1 Å². The molecule has 1 unspecified atom stereocenters. The van der Waals surface area contributed by atoms with Gasteiger partial charge in [-0.3, -0.25) is 4.79 Å². The topological polar surface area (TPSA) is 86.5 Å². The van der Waals surface area contributed by atoms with Crippen molar-refractivity contribution in [3.63, 3.8) is 0 Å². The van der Waals surface area contributed by atoms with Crippen molar-refractivity contribution < 1.29 is 17.9 Å². The highest BCUT2D eigenvalue weighted by molar-refractivity contribution is 7.91. The van der Waals surface area contributed by atoms with Crippen molar-refractivity contribution in [2.75, 3.05) is 6.61 Å². The van der Waals surface area contributed by atoms with Crippen LogP contribution in [0.25, 0.3) is 0 Å². The number of carbonyl (C=O) groups is 1. The van der Waals surface area contributed by atoms with Crippen molar-refractivity contribution in [2.45, 2.75) is 38.0 Å². The molecule has 2 N–H and O–H groups in total. The monoisotopic (exact) mass is 361 g/mol. The van der Waals surface area contributed by atoms with Crippen LogP contribution >= 0.6 is 0 Å². The zero-order valence-electron chi connectivity index (χ0n) is 14.9. The number of rotatable bonds is 6. The molecule has 25 heavy (non-hydrogen) atoms. The molecule has 0 spiro atoms. The van der Waals surface area contributed by atoms with Gasteiger partial charge in [0.15, 0.2) is 9.84 Å². The van der Waals surface area contributed by atoms with E-state index in [9.17, 15) is 13.2 Å². The highest BCUT2D eigenvalue weighted by Crippen LogP contribution is 2.35. The molecule has 0 fully saturated rings. The maximum absolute atomic E-state index is 13.1. The van der Waals surface area contributed by atoms with Gasteiger partial charge >= 0.3 is 0 Å². The van der Waals surface area contributed by atoms with Crippen molar-refractivity contribution in [2.24, 2.45) is 5.73 Å². The summed E-state index contributed by atoms with van der Waals surface area (Å²) in [6.45, 7) is 7.70. The van der Waals surface area contributed by atoms with E-state index in [0.29, 0.717) is 40.9 Å². The van der Waals surface area contributed by atoms with E-state index in [-0.39, 0.29) is 4.90 Å². The maximum Gasteiger partial charge on any atom is 0.198 e. The Morgan fingerprint density at radius 2 is 1.84 bits per heavy atom. The molecule has 134 valence electrons.